The molecule has 0 radical (unpaired) electrons. The van der Waals surface area contributed by atoms with E-state index in [9.17, 15) is 0 Å². The number of hydrogen-bond acceptors (Lipinski definition) is 0. The number of hydrogen-bond donors (Lipinski definition) is 0. The van der Waals surface area contributed by atoms with Gasteiger partial charge >= 0.3 is 74.1 Å². The van der Waals surface area contributed by atoms with Gasteiger partial charge in [-0.3, -0.25) is 0 Å². The summed E-state index contributed by atoms with van der Waals surface area (Å²) < 4.78 is 0. The van der Waals surface area contributed by atoms with E-state index in [1.165, 1.54) is 0 Å². The average Bonchev–Trinajstić information content (AvgIpc) is 0. The van der Waals surface area contributed by atoms with E-state index in [4.69, 9.17) is 0 Å². The van der Waals surface area contributed by atoms with Gasteiger partial charge in [0.1, 0.15) is 0 Å². The predicted molar refractivity (Wildman–Crippen MR) is 17.3 cm³/mol. The number of rotatable bonds is 0. The molecular weight excluding hydrogens is 527 g/mol. The van der Waals surface area contributed by atoms with E-state index >= 15 is 0 Å². The molecule has 0 heterocycles. The molecule has 0 unspecified atom stereocenters. The summed E-state index contributed by atoms with van der Waals surface area (Å²) in [7, 11) is 0. The van der Waals surface area contributed by atoms with Crippen LogP contribution in [0.1, 0.15) is 0 Å². The van der Waals surface area contributed by atoms with Gasteiger partial charge in [-0.1, -0.05) is 0 Å². The maximum atomic E-state index is 0. The van der Waals surface area contributed by atoms with Crippen LogP contribution in [-0.4, -0.2) is 51.2 Å². The molecular formula is Cd2Se3Zn. The van der Waals surface area contributed by atoms with Crippen LogP contribution in [-0.2, 0) is 74.1 Å². The summed E-state index contributed by atoms with van der Waals surface area (Å²) in [5.41, 5.74) is 0. The summed E-state index contributed by atoms with van der Waals surface area (Å²) in [5.74, 6) is 0. The van der Waals surface area contributed by atoms with Crippen molar-refractivity contribution >= 4 is 51.2 Å². The molecule has 0 bridgehead atoms. The van der Waals surface area contributed by atoms with Crippen molar-refractivity contribution in [3.63, 3.8) is 0 Å². The van der Waals surface area contributed by atoms with Crippen LogP contribution in [0.25, 0.3) is 0 Å². The van der Waals surface area contributed by atoms with Gasteiger partial charge in [0.15, 0.2) is 0 Å². The van der Waals surface area contributed by atoms with Crippen molar-refractivity contribution in [2.24, 2.45) is 0 Å². The van der Waals surface area contributed by atoms with Gasteiger partial charge in [-0.05, 0) is 0 Å². The molecule has 24 valence electrons. The zero-order valence-electron chi connectivity index (χ0n) is 3.35. The Morgan fingerprint density at radius 2 is 0.500 bits per heavy atom. The predicted octanol–water partition coefficient (Wildman–Crippen LogP) is -1.15. The SMILES string of the molecule is [Cd+2].[Cd+2].[Se-2].[Se-2].[Se-2].[Zn+2]. The molecule has 0 rings (SSSR count). The van der Waals surface area contributed by atoms with E-state index in [-0.39, 0.29) is 125 Å². The Labute approximate surface area is 123 Å². The molecule has 6 heteroatoms. The van der Waals surface area contributed by atoms with Gasteiger partial charge in [-0.15, -0.1) is 0 Å². The zero-order chi connectivity index (χ0) is 0. The standard InChI is InChI=1S/2Cd.3Se.Zn/q2*+2;3*-2;+2. The van der Waals surface area contributed by atoms with Crippen LogP contribution in [0.5, 0.6) is 0 Å². The molecule has 0 fully saturated rings. The first-order chi connectivity index (χ1) is 0. The molecule has 0 aliphatic rings. The second-order valence-electron chi connectivity index (χ2n) is 0. The quantitative estimate of drug-likeness (QED) is 0.350. The summed E-state index contributed by atoms with van der Waals surface area (Å²) in [6, 6.07) is 0. The van der Waals surface area contributed by atoms with Crippen molar-refractivity contribution < 1.29 is 74.1 Å². The van der Waals surface area contributed by atoms with Gasteiger partial charge in [0.2, 0.25) is 0 Å². The first-order valence-electron chi connectivity index (χ1n) is 0. The summed E-state index contributed by atoms with van der Waals surface area (Å²) in [6.45, 7) is 0. The Bertz CT molecular complexity index is 8.75. The molecule has 0 aliphatic carbocycles. The van der Waals surface area contributed by atoms with Crippen LogP contribution in [0, 0.1) is 0 Å². The minimum Gasteiger partial charge on any atom is -2.00 e. The Morgan fingerprint density at radius 1 is 0.500 bits per heavy atom. The van der Waals surface area contributed by atoms with E-state index in [2.05, 4.69) is 0 Å². The third-order valence-electron chi connectivity index (χ3n) is 0. The van der Waals surface area contributed by atoms with Gasteiger partial charge in [-0.2, -0.15) is 0 Å². The average molecular weight is 527 g/mol. The largest absolute Gasteiger partial charge is 2.00 e. The van der Waals surface area contributed by atoms with Gasteiger partial charge < -0.3 is 51.2 Å². The van der Waals surface area contributed by atoms with Crippen LogP contribution in [0.3, 0.4) is 0 Å². The third kappa shape index (κ3) is 24.4. The molecule has 0 spiro atoms. The molecule has 6 heavy (non-hydrogen) atoms. The van der Waals surface area contributed by atoms with Crippen molar-refractivity contribution in [1.82, 2.24) is 0 Å². The van der Waals surface area contributed by atoms with Crippen molar-refractivity contribution in [1.29, 1.82) is 0 Å². The second kappa shape index (κ2) is 35.9. The van der Waals surface area contributed by atoms with E-state index in [0.29, 0.717) is 0 Å². The summed E-state index contributed by atoms with van der Waals surface area (Å²) in [6.07, 6.45) is 0. The molecule has 0 aromatic rings. The third-order valence-corrected chi connectivity index (χ3v) is 0. The Morgan fingerprint density at radius 3 is 0.500 bits per heavy atom. The molecule has 0 atom stereocenters. The van der Waals surface area contributed by atoms with Gasteiger partial charge in [0, 0.05) is 0 Å². The molecule has 0 aromatic carbocycles. The van der Waals surface area contributed by atoms with Crippen LogP contribution >= 0.6 is 0 Å². The van der Waals surface area contributed by atoms with Crippen LogP contribution in [0.4, 0.5) is 0 Å². The van der Waals surface area contributed by atoms with Crippen molar-refractivity contribution in [2.45, 2.75) is 0 Å². The summed E-state index contributed by atoms with van der Waals surface area (Å²) in [5, 5.41) is 0. The maximum absolute atomic E-state index is 0. The maximum Gasteiger partial charge on any atom is 2.00 e. The van der Waals surface area contributed by atoms with Crippen molar-refractivity contribution in [2.75, 3.05) is 0 Å². The normalized spacial score (nSPS) is 0. The monoisotopic (exact) mass is 531 g/mol. The molecule has 0 aliphatic heterocycles. The van der Waals surface area contributed by atoms with E-state index in [0.717, 1.165) is 0 Å². The van der Waals surface area contributed by atoms with E-state index in [1.54, 1.807) is 0 Å². The van der Waals surface area contributed by atoms with Gasteiger partial charge in [-0.25, -0.2) is 0 Å². The first kappa shape index (κ1) is 50.4. The molecule has 0 nitrogen and oxygen atoms in total. The fourth-order valence-corrected chi connectivity index (χ4v) is 0. The van der Waals surface area contributed by atoms with E-state index < -0.39 is 0 Å². The summed E-state index contributed by atoms with van der Waals surface area (Å²) >= 11 is 0. The fraction of sp³-hybridized carbons (Fsp3) is 0. The molecule has 0 saturated heterocycles. The Balaban J connectivity index is 0. The van der Waals surface area contributed by atoms with Crippen LogP contribution in [0.15, 0.2) is 0 Å². The van der Waals surface area contributed by atoms with Crippen molar-refractivity contribution in [3.05, 3.63) is 0 Å². The fourth-order valence-electron chi connectivity index (χ4n) is 0. The topological polar surface area (TPSA) is 0 Å². The summed E-state index contributed by atoms with van der Waals surface area (Å²) in [4.78, 5) is 0. The van der Waals surface area contributed by atoms with Gasteiger partial charge in [0.05, 0.1) is 0 Å². The smallest absolute Gasteiger partial charge is 2.00 e. The Kier molecular flexibility index (Phi) is 301. The minimum atomic E-state index is 0. The zero-order valence-corrected chi connectivity index (χ0v) is 19.5. The van der Waals surface area contributed by atoms with Crippen LogP contribution < -0.4 is 0 Å². The van der Waals surface area contributed by atoms with E-state index in [1.807, 2.05) is 0 Å². The minimum absolute atomic E-state index is 0. The van der Waals surface area contributed by atoms with Gasteiger partial charge in [0.25, 0.3) is 0 Å². The first-order valence-corrected chi connectivity index (χ1v) is 0. The molecule has 0 amide bonds. The van der Waals surface area contributed by atoms with Crippen LogP contribution in [0.2, 0.25) is 0 Å². The second-order valence-corrected chi connectivity index (χ2v) is 0. The molecule has 0 aromatic heterocycles. The molecule has 0 N–H and O–H groups in total. The van der Waals surface area contributed by atoms with Crippen molar-refractivity contribution in [3.8, 4) is 0 Å². The Hall–Kier alpha value is 4.03. The molecule has 0 saturated carbocycles.